The van der Waals surface area contributed by atoms with Crippen molar-refractivity contribution in [1.82, 2.24) is 14.7 Å². The van der Waals surface area contributed by atoms with Crippen molar-refractivity contribution in [3.63, 3.8) is 0 Å². The first-order valence-corrected chi connectivity index (χ1v) is 10.6. The highest BCUT2D eigenvalue weighted by molar-refractivity contribution is 5.86. The Balaban J connectivity index is 0.00000280. The second-order valence-corrected chi connectivity index (χ2v) is 7.88. The van der Waals surface area contributed by atoms with Gasteiger partial charge in [-0.05, 0) is 24.8 Å². The zero-order valence-corrected chi connectivity index (χ0v) is 20.5. The van der Waals surface area contributed by atoms with Crippen LogP contribution in [0.3, 0.4) is 0 Å². The number of carbonyl (C=O) groups excluding carboxylic acids is 1. The van der Waals surface area contributed by atoms with Gasteiger partial charge in [0.15, 0.2) is 0 Å². The number of piperazine rings is 1. The molecule has 1 aromatic rings. The number of benzene rings is 1. The molecule has 5 nitrogen and oxygen atoms in total. The van der Waals surface area contributed by atoms with Gasteiger partial charge >= 0.3 is 5.97 Å². The molecule has 8 heteroatoms. The molecule has 2 aliphatic rings. The fourth-order valence-corrected chi connectivity index (χ4v) is 4.13. The van der Waals surface area contributed by atoms with E-state index in [-0.39, 0.29) is 43.2 Å². The lowest BCUT2D eigenvalue weighted by Gasteiger charge is -2.42. The average Bonchev–Trinajstić information content (AvgIpc) is 2.70. The summed E-state index contributed by atoms with van der Waals surface area (Å²) in [7, 11) is 0. The third-order valence-corrected chi connectivity index (χ3v) is 5.84. The Labute approximate surface area is 200 Å². The van der Waals surface area contributed by atoms with Gasteiger partial charge in [0.05, 0.1) is 13.2 Å². The maximum Gasteiger partial charge on any atom is 0.320 e. The molecule has 0 spiro atoms. The summed E-state index contributed by atoms with van der Waals surface area (Å²) >= 11 is 0. The minimum atomic E-state index is -0.0589. The van der Waals surface area contributed by atoms with E-state index in [0.29, 0.717) is 19.2 Å². The fourth-order valence-electron chi connectivity index (χ4n) is 4.13. The zero-order chi connectivity index (χ0) is 18.9. The third-order valence-electron chi connectivity index (χ3n) is 5.84. The molecular weight excluding hydrogens is 445 g/mol. The average molecular weight is 483 g/mol. The number of hydrogen-bond acceptors (Lipinski definition) is 5. The van der Waals surface area contributed by atoms with Crippen LogP contribution < -0.4 is 0 Å². The monoisotopic (exact) mass is 481 g/mol. The molecule has 3 rings (SSSR count). The first-order valence-electron chi connectivity index (χ1n) is 10.6. The summed E-state index contributed by atoms with van der Waals surface area (Å²) in [6.45, 7) is 10.9. The van der Waals surface area contributed by atoms with Gasteiger partial charge in [-0.1, -0.05) is 43.7 Å². The standard InChI is InChI=1S/C22H35N3O2.3ClH/c1-2-3-17-27-22(26)19-23-11-9-21(10-12-23)25-15-13-24(14-16-25)18-20-7-5-4-6-8-20;;;/h4-8,21H,2-3,9-19H2,1H3;3*1H. The van der Waals surface area contributed by atoms with Gasteiger partial charge in [0.2, 0.25) is 0 Å². The van der Waals surface area contributed by atoms with Crippen molar-refractivity contribution in [1.29, 1.82) is 0 Å². The summed E-state index contributed by atoms with van der Waals surface area (Å²) in [6, 6.07) is 11.4. The van der Waals surface area contributed by atoms with E-state index in [1.165, 1.54) is 18.4 Å². The molecule has 2 fully saturated rings. The minimum Gasteiger partial charge on any atom is -0.465 e. The van der Waals surface area contributed by atoms with E-state index in [9.17, 15) is 4.79 Å². The van der Waals surface area contributed by atoms with Crippen molar-refractivity contribution in [3.8, 4) is 0 Å². The number of nitrogens with zero attached hydrogens (tertiary/aromatic N) is 3. The third kappa shape index (κ3) is 9.71. The van der Waals surface area contributed by atoms with E-state index in [1.54, 1.807) is 0 Å². The zero-order valence-electron chi connectivity index (χ0n) is 18.0. The highest BCUT2D eigenvalue weighted by atomic mass is 35.5. The molecule has 0 bridgehead atoms. The number of ether oxygens (including phenoxy) is 1. The molecule has 0 radical (unpaired) electrons. The Morgan fingerprint density at radius 2 is 1.57 bits per heavy atom. The highest BCUT2D eigenvalue weighted by Gasteiger charge is 2.28. The predicted molar refractivity (Wildman–Crippen MR) is 130 cm³/mol. The molecule has 2 saturated heterocycles. The molecular formula is C22H38Cl3N3O2. The van der Waals surface area contributed by atoms with Gasteiger partial charge in [0.25, 0.3) is 0 Å². The van der Waals surface area contributed by atoms with Crippen LogP contribution in [0.2, 0.25) is 0 Å². The van der Waals surface area contributed by atoms with Crippen LogP contribution in [0, 0.1) is 0 Å². The smallest absolute Gasteiger partial charge is 0.320 e. The number of unbranched alkanes of at least 4 members (excludes halogenated alkanes) is 1. The van der Waals surface area contributed by atoms with Crippen molar-refractivity contribution in [2.75, 3.05) is 52.4 Å². The molecule has 1 aromatic carbocycles. The summed E-state index contributed by atoms with van der Waals surface area (Å²) in [5, 5.41) is 0. The summed E-state index contributed by atoms with van der Waals surface area (Å²) in [5.41, 5.74) is 1.41. The van der Waals surface area contributed by atoms with Gasteiger partial charge < -0.3 is 4.74 Å². The number of esters is 1. The van der Waals surface area contributed by atoms with E-state index < -0.39 is 0 Å². The van der Waals surface area contributed by atoms with Crippen molar-refractivity contribution >= 4 is 43.2 Å². The lowest BCUT2D eigenvalue weighted by Crippen LogP contribution is -2.53. The van der Waals surface area contributed by atoms with E-state index in [0.717, 1.165) is 58.7 Å². The Morgan fingerprint density at radius 3 is 2.17 bits per heavy atom. The molecule has 174 valence electrons. The van der Waals surface area contributed by atoms with Crippen LogP contribution in [0.4, 0.5) is 0 Å². The molecule has 0 saturated carbocycles. The van der Waals surface area contributed by atoms with Crippen molar-refractivity contribution in [2.24, 2.45) is 0 Å². The van der Waals surface area contributed by atoms with E-state index in [2.05, 4.69) is 52.0 Å². The van der Waals surface area contributed by atoms with E-state index >= 15 is 0 Å². The van der Waals surface area contributed by atoms with Crippen LogP contribution in [-0.4, -0.2) is 79.1 Å². The summed E-state index contributed by atoms with van der Waals surface area (Å²) < 4.78 is 5.29. The summed E-state index contributed by atoms with van der Waals surface area (Å²) in [6.07, 6.45) is 4.36. The minimum absolute atomic E-state index is 0. The van der Waals surface area contributed by atoms with Crippen LogP contribution in [0.1, 0.15) is 38.2 Å². The Bertz CT molecular complexity index is 564. The quantitative estimate of drug-likeness (QED) is 0.415. The van der Waals surface area contributed by atoms with Gasteiger partial charge in [-0.2, -0.15) is 0 Å². The van der Waals surface area contributed by atoms with Crippen molar-refractivity contribution in [3.05, 3.63) is 35.9 Å². The normalized spacial score (nSPS) is 18.6. The first-order chi connectivity index (χ1) is 13.2. The van der Waals surface area contributed by atoms with Gasteiger partial charge in [-0.3, -0.25) is 19.5 Å². The summed E-state index contributed by atoms with van der Waals surface area (Å²) in [5.74, 6) is -0.0589. The number of carbonyl (C=O) groups is 1. The number of likely N-dealkylation sites (tertiary alicyclic amines) is 1. The lowest BCUT2D eigenvalue weighted by molar-refractivity contribution is -0.145. The highest BCUT2D eigenvalue weighted by Crippen LogP contribution is 2.19. The van der Waals surface area contributed by atoms with Crippen LogP contribution in [0.15, 0.2) is 30.3 Å². The number of hydrogen-bond donors (Lipinski definition) is 0. The van der Waals surface area contributed by atoms with Crippen LogP contribution in [-0.2, 0) is 16.1 Å². The maximum atomic E-state index is 11.9. The van der Waals surface area contributed by atoms with Crippen LogP contribution >= 0.6 is 37.2 Å². The molecule has 2 heterocycles. The van der Waals surface area contributed by atoms with Gasteiger partial charge in [-0.25, -0.2) is 0 Å². The maximum absolute atomic E-state index is 11.9. The summed E-state index contributed by atoms with van der Waals surface area (Å²) in [4.78, 5) is 19.4. The SMILES string of the molecule is CCCCOC(=O)CN1CCC(N2CCN(Cc3ccccc3)CC2)CC1.Cl.Cl.Cl. The topological polar surface area (TPSA) is 36.0 Å². The van der Waals surface area contributed by atoms with E-state index in [4.69, 9.17) is 4.74 Å². The molecule has 0 amide bonds. The molecule has 0 unspecified atom stereocenters. The van der Waals surface area contributed by atoms with Crippen LogP contribution in [0.5, 0.6) is 0 Å². The lowest BCUT2D eigenvalue weighted by atomic mass is 10.0. The largest absolute Gasteiger partial charge is 0.465 e. The second-order valence-electron chi connectivity index (χ2n) is 7.88. The Hall–Kier alpha value is -0.560. The number of rotatable bonds is 8. The van der Waals surface area contributed by atoms with Crippen molar-refractivity contribution < 1.29 is 9.53 Å². The predicted octanol–water partition coefficient (Wildman–Crippen LogP) is 3.88. The first kappa shape index (κ1) is 29.4. The fraction of sp³-hybridized carbons (Fsp3) is 0.682. The van der Waals surface area contributed by atoms with E-state index in [1.807, 2.05) is 0 Å². The van der Waals surface area contributed by atoms with Gasteiger partial charge in [0.1, 0.15) is 0 Å². The number of piperidine rings is 1. The molecule has 0 atom stereocenters. The second kappa shape index (κ2) is 16.1. The molecule has 30 heavy (non-hydrogen) atoms. The van der Waals surface area contributed by atoms with Crippen LogP contribution in [0.25, 0.3) is 0 Å². The van der Waals surface area contributed by atoms with Gasteiger partial charge in [0, 0.05) is 51.9 Å². The van der Waals surface area contributed by atoms with Crippen molar-refractivity contribution in [2.45, 2.75) is 45.2 Å². The Kier molecular flexibility index (Phi) is 15.8. The van der Waals surface area contributed by atoms with Gasteiger partial charge in [-0.15, -0.1) is 37.2 Å². The Morgan fingerprint density at radius 1 is 0.933 bits per heavy atom. The number of halogens is 3. The molecule has 2 aliphatic heterocycles. The molecule has 0 N–H and O–H groups in total. The molecule has 0 aromatic heterocycles. The molecule has 0 aliphatic carbocycles.